The number of nitrogens with one attached hydrogen (secondary N) is 1. The molecule has 5 nitrogen and oxygen atoms in total. The second-order valence-electron chi connectivity index (χ2n) is 5.92. The Hall–Kier alpha value is -1.73. The van der Waals surface area contributed by atoms with Crippen molar-refractivity contribution in [2.75, 3.05) is 36.4 Å². The quantitative estimate of drug-likeness (QED) is 0.772. The summed E-state index contributed by atoms with van der Waals surface area (Å²) >= 11 is 8.95. The lowest BCUT2D eigenvalue weighted by Crippen LogP contribution is -2.50. The summed E-state index contributed by atoms with van der Waals surface area (Å²) in [6.45, 7) is 7.61. The molecule has 0 saturated carbocycles. The molecule has 1 aliphatic rings. The van der Waals surface area contributed by atoms with Crippen LogP contribution in [0.5, 0.6) is 0 Å². The summed E-state index contributed by atoms with van der Waals surface area (Å²) in [5, 5.41) is 4.16. The van der Waals surface area contributed by atoms with Gasteiger partial charge in [-0.15, -0.1) is 0 Å². The van der Waals surface area contributed by atoms with Crippen molar-refractivity contribution >= 4 is 44.9 Å². The van der Waals surface area contributed by atoms with Gasteiger partial charge < -0.3 is 15.1 Å². The lowest BCUT2D eigenvalue weighted by Gasteiger charge is -2.36. The van der Waals surface area contributed by atoms with Crippen LogP contribution in [0.2, 0.25) is 0 Å². The Kier molecular flexibility index (Phi) is 5.30. The fourth-order valence-corrected chi connectivity index (χ4v) is 3.14. The normalized spacial score (nSPS) is 14.6. The number of rotatable bonds is 2. The van der Waals surface area contributed by atoms with Gasteiger partial charge in [0.1, 0.15) is 0 Å². The second kappa shape index (κ2) is 7.44. The van der Waals surface area contributed by atoms with E-state index in [2.05, 4.69) is 73.1 Å². The number of benzene rings is 1. The van der Waals surface area contributed by atoms with E-state index in [1.54, 1.807) is 12.4 Å². The molecule has 0 aliphatic carbocycles. The lowest BCUT2D eigenvalue weighted by molar-refractivity contribution is 0.388. The predicted molar refractivity (Wildman–Crippen MR) is 106 cm³/mol. The van der Waals surface area contributed by atoms with Crippen LogP contribution < -0.4 is 10.2 Å². The Bertz CT molecular complexity index is 726. The molecule has 0 bridgehead atoms. The molecular formula is C17H20BrN5S. The number of piperazine rings is 1. The number of aromatic nitrogens is 2. The molecule has 1 aromatic carbocycles. The van der Waals surface area contributed by atoms with Crippen LogP contribution in [0.3, 0.4) is 0 Å². The van der Waals surface area contributed by atoms with E-state index in [1.807, 2.05) is 0 Å². The highest BCUT2D eigenvalue weighted by molar-refractivity contribution is 9.10. The van der Waals surface area contributed by atoms with E-state index in [-0.39, 0.29) is 0 Å². The number of anilines is 2. The van der Waals surface area contributed by atoms with E-state index in [1.165, 1.54) is 11.1 Å². The Morgan fingerprint density at radius 3 is 2.46 bits per heavy atom. The molecule has 0 unspecified atom stereocenters. The molecule has 126 valence electrons. The van der Waals surface area contributed by atoms with Gasteiger partial charge in [0, 0.05) is 44.3 Å². The SMILES string of the molecule is Cc1ccc(C)c(NC(=S)N2CCN(c3ncc(Br)cn3)CC2)c1. The molecule has 3 rings (SSSR count). The molecule has 0 amide bonds. The van der Waals surface area contributed by atoms with Gasteiger partial charge in [0.15, 0.2) is 5.11 Å². The van der Waals surface area contributed by atoms with Crippen LogP contribution in [-0.4, -0.2) is 46.2 Å². The summed E-state index contributed by atoms with van der Waals surface area (Å²) in [7, 11) is 0. The summed E-state index contributed by atoms with van der Waals surface area (Å²) < 4.78 is 0.892. The molecule has 0 radical (unpaired) electrons. The number of thiocarbonyl (C=S) groups is 1. The Morgan fingerprint density at radius 2 is 1.79 bits per heavy atom. The number of nitrogens with zero attached hydrogens (tertiary/aromatic N) is 4. The van der Waals surface area contributed by atoms with Gasteiger partial charge in [-0.3, -0.25) is 0 Å². The third-order valence-electron chi connectivity index (χ3n) is 4.09. The third kappa shape index (κ3) is 4.02. The first kappa shape index (κ1) is 17.1. The maximum atomic E-state index is 5.59. The van der Waals surface area contributed by atoms with Crippen molar-refractivity contribution in [1.82, 2.24) is 14.9 Å². The highest BCUT2D eigenvalue weighted by atomic mass is 79.9. The topological polar surface area (TPSA) is 44.3 Å². The molecule has 7 heteroatoms. The number of hydrogen-bond acceptors (Lipinski definition) is 4. The number of halogens is 1. The Labute approximate surface area is 156 Å². The van der Waals surface area contributed by atoms with Crippen LogP contribution in [0, 0.1) is 13.8 Å². The van der Waals surface area contributed by atoms with Crippen molar-refractivity contribution < 1.29 is 0 Å². The zero-order valence-corrected chi connectivity index (χ0v) is 16.2. The van der Waals surface area contributed by atoms with Gasteiger partial charge in [-0.2, -0.15) is 0 Å². The highest BCUT2D eigenvalue weighted by Crippen LogP contribution is 2.18. The zero-order chi connectivity index (χ0) is 17.1. The van der Waals surface area contributed by atoms with Crippen LogP contribution in [0.4, 0.5) is 11.6 Å². The highest BCUT2D eigenvalue weighted by Gasteiger charge is 2.20. The summed E-state index contributed by atoms with van der Waals surface area (Å²) in [6.07, 6.45) is 3.56. The molecule has 0 spiro atoms. The van der Waals surface area contributed by atoms with Crippen LogP contribution in [0.25, 0.3) is 0 Å². The van der Waals surface area contributed by atoms with Gasteiger partial charge in [-0.05, 0) is 59.2 Å². The van der Waals surface area contributed by atoms with Gasteiger partial charge in [0.05, 0.1) is 4.47 Å². The number of hydrogen-bond donors (Lipinski definition) is 1. The minimum Gasteiger partial charge on any atom is -0.345 e. The van der Waals surface area contributed by atoms with E-state index in [9.17, 15) is 0 Å². The molecular weight excluding hydrogens is 386 g/mol. The van der Waals surface area contributed by atoms with Gasteiger partial charge in [-0.25, -0.2) is 9.97 Å². The van der Waals surface area contributed by atoms with Crippen LogP contribution in [0.15, 0.2) is 35.1 Å². The summed E-state index contributed by atoms with van der Waals surface area (Å²) in [6, 6.07) is 6.36. The van der Waals surface area contributed by atoms with E-state index >= 15 is 0 Å². The zero-order valence-electron chi connectivity index (χ0n) is 13.8. The second-order valence-corrected chi connectivity index (χ2v) is 7.23. The fourth-order valence-electron chi connectivity index (χ4n) is 2.64. The first-order chi connectivity index (χ1) is 11.5. The largest absolute Gasteiger partial charge is 0.345 e. The smallest absolute Gasteiger partial charge is 0.225 e. The Balaban J connectivity index is 1.59. The molecule has 0 atom stereocenters. The molecule has 2 heterocycles. The average Bonchev–Trinajstić information content (AvgIpc) is 2.59. The van der Waals surface area contributed by atoms with Gasteiger partial charge >= 0.3 is 0 Å². The first-order valence-corrected chi connectivity index (χ1v) is 9.09. The molecule has 1 aliphatic heterocycles. The van der Waals surface area contributed by atoms with Crippen molar-refractivity contribution in [3.63, 3.8) is 0 Å². The summed E-state index contributed by atoms with van der Waals surface area (Å²) in [5.41, 5.74) is 3.51. The van der Waals surface area contributed by atoms with Gasteiger partial charge in [0.2, 0.25) is 5.95 Å². The van der Waals surface area contributed by atoms with Crippen molar-refractivity contribution in [3.05, 3.63) is 46.2 Å². The summed E-state index contributed by atoms with van der Waals surface area (Å²) in [5.74, 6) is 0.770. The van der Waals surface area contributed by atoms with E-state index in [0.717, 1.165) is 47.4 Å². The molecule has 24 heavy (non-hydrogen) atoms. The first-order valence-electron chi connectivity index (χ1n) is 7.88. The van der Waals surface area contributed by atoms with Crippen molar-refractivity contribution in [1.29, 1.82) is 0 Å². The van der Waals surface area contributed by atoms with E-state index in [0.29, 0.717) is 0 Å². The van der Waals surface area contributed by atoms with Crippen molar-refractivity contribution in [3.8, 4) is 0 Å². The van der Waals surface area contributed by atoms with Gasteiger partial charge in [0.25, 0.3) is 0 Å². The molecule has 2 aromatic rings. The standard InChI is InChI=1S/C17H20BrN5S/c1-12-3-4-13(2)15(9-12)21-17(24)23-7-5-22(6-8-23)16-19-10-14(18)11-20-16/h3-4,9-11H,5-8H2,1-2H3,(H,21,24). The molecule has 1 fully saturated rings. The average molecular weight is 406 g/mol. The summed E-state index contributed by atoms with van der Waals surface area (Å²) in [4.78, 5) is 13.1. The van der Waals surface area contributed by atoms with Crippen LogP contribution in [0.1, 0.15) is 11.1 Å². The molecule has 1 saturated heterocycles. The Morgan fingerprint density at radius 1 is 1.12 bits per heavy atom. The van der Waals surface area contributed by atoms with Crippen molar-refractivity contribution in [2.24, 2.45) is 0 Å². The van der Waals surface area contributed by atoms with E-state index in [4.69, 9.17) is 12.2 Å². The van der Waals surface area contributed by atoms with E-state index < -0.39 is 0 Å². The monoisotopic (exact) mass is 405 g/mol. The maximum Gasteiger partial charge on any atom is 0.225 e. The molecule has 1 aromatic heterocycles. The lowest BCUT2D eigenvalue weighted by atomic mass is 10.1. The maximum absolute atomic E-state index is 5.59. The minimum absolute atomic E-state index is 0.770. The van der Waals surface area contributed by atoms with Gasteiger partial charge in [-0.1, -0.05) is 12.1 Å². The number of aryl methyl sites for hydroxylation is 2. The molecule has 1 N–H and O–H groups in total. The van der Waals surface area contributed by atoms with Crippen LogP contribution in [-0.2, 0) is 0 Å². The fraction of sp³-hybridized carbons (Fsp3) is 0.353. The van der Waals surface area contributed by atoms with Crippen molar-refractivity contribution in [2.45, 2.75) is 13.8 Å². The minimum atomic E-state index is 0.770. The predicted octanol–water partition coefficient (Wildman–Crippen LogP) is 3.37. The van der Waals surface area contributed by atoms with Crippen LogP contribution >= 0.6 is 28.1 Å². The third-order valence-corrected chi connectivity index (χ3v) is 4.86.